The Bertz CT molecular complexity index is 429. The van der Waals surface area contributed by atoms with Gasteiger partial charge in [-0.15, -0.1) is 0 Å². The van der Waals surface area contributed by atoms with Gasteiger partial charge in [-0.1, -0.05) is 13.0 Å². The van der Waals surface area contributed by atoms with Crippen LogP contribution in [0, 0.1) is 6.92 Å². The van der Waals surface area contributed by atoms with Crippen LogP contribution in [0.3, 0.4) is 0 Å². The van der Waals surface area contributed by atoms with E-state index >= 15 is 0 Å². The average molecular weight is 265 g/mol. The standard InChI is InChI=1S/C15H23NO3/c1-5-8-16-15(18)12(4)19-14-7-6-13(11(3)17)9-10(14)2/h6-7,9,11-12,17H,5,8H2,1-4H3,(H,16,18)/t11-,12?/m1/s1. The molecule has 2 atom stereocenters. The van der Waals surface area contributed by atoms with Gasteiger partial charge < -0.3 is 15.2 Å². The lowest BCUT2D eigenvalue weighted by Crippen LogP contribution is -2.36. The number of rotatable bonds is 6. The highest BCUT2D eigenvalue weighted by atomic mass is 16.5. The highest BCUT2D eigenvalue weighted by Gasteiger charge is 2.15. The average Bonchev–Trinajstić information content (AvgIpc) is 2.37. The molecule has 0 bridgehead atoms. The van der Waals surface area contributed by atoms with Crippen molar-refractivity contribution in [1.82, 2.24) is 5.32 Å². The predicted molar refractivity (Wildman–Crippen MR) is 75.2 cm³/mol. The van der Waals surface area contributed by atoms with E-state index in [-0.39, 0.29) is 5.91 Å². The van der Waals surface area contributed by atoms with E-state index in [1.807, 2.05) is 26.0 Å². The normalized spacial score (nSPS) is 13.7. The third-order valence-electron chi connectivity index (χ3n) is 2.90. The van der Waals surface area contributed by atoms with Crippen LogP contribution in [-0.4, -0.2) is 23.7 Å². The molecule has 1 unspecified atom stereocenters. The number of aryl methyl sites for hydroxylation is 1. The molecule has 4 heteroatoms. The van der Waals surface area contributed by atoms with E-state index in [2.05, 4.69) is 5.32 Å². The Kier molecular flexibility index (Phi) is 5.83. The Labute approximate surface area is 114 Å². The molecule has 0 aromatic heterocycles. The molecule has 4 nitrogen and oxygen atoms in total. The number of aliphatic hydroxyl groups excluding tert-OH is 1. The minimum absolute atomic E-state index is 0.110. The Hall–Kier alpha value is -1.55. The van der Waals surface area contributed by atoms with Gasteiger partial charge in [-0.05, 0) is 50.5 Å². The Morgan fingerprint density at radius 2 is 2.11 bits per heavy atom. The number of ether oxygens (including phenoxy) is 1. The zero-order valence-electron chi connectivity index (χ0n) is 12.1. The summed E-state index contributed by atoms with van der Waals surface area (Å²) in [4.78, 5) is 11.7. The summed E-state index contributed by atoms with van der Waals surface area (Å²) < 4.78 is 5.65. The molecule has 1 aromatic rings. The first-order valence-corrected chi connectivity index (χ1v) is 6.68. The minimum atomic E-state index is -0.525. The number of aliphatic hydroxyl groups is 1. The molecule has 0 fully saturated rings. The molecule has 2 N–H and O–H groups in total. The lowest BCUT2D eigenvalue weighted by Gasteiger charge is -2.17. The molecule has 0 radical (unpaired) electrons. The van der Waals surface area contributed by atoms with Crippen molar-refractivity contribution in [3.63, 3.8) is 0 Å². The Morgan fingerprint density at radius 3 is 2.63 bits per heavy atom. The van der Waals surface area contributed by atoms with Crippen molar-refractivity contribution in [2.24, 2.45) is 0 Å². The van der Waals surface area contributed by atoms with Crippen molar-refractivity contribution in [3.05, 3.63) is 29.3 Å². The molecule has 106 valence electrons. The topological polar surface area (TPSA) is 58.6 Å². The fourth-order valence-electron chi connectivity index (χ4n) is 1.70. The summed E-state index contributed by atoms with van der Waals surface area (Å²) in [5.41, 5.74) is 1.75. The van der Waals surface area contributed by atoms with E-state index in [0.29, 0.717) is 12.3 Å². The zero-order chi connectivity index (χ0) is 14.4. The van der Waals surface area contributed by atoms with Gasteiger partial charge in [0.15, 0.2) is 6.10 Å². The van der Waals surface area contributed by atoms with Gasteiger partial charge in [-0.3, -0.25) is 4.79 Å². The molecular formula is C15H23NO3. The van der Waals surface area contributed by atoms with Crippen LogP contribution < -0.4 is 10.1 Å². The second-order valence-electron chi connectivity index (χ2n) is 4.75. The first-order valence-electron chi connectivity index (χ1n) is 6.68. The summed E-state index contributed by atoms with van der Waals surface area (Å²) in [5.74, 6) is 0.560. The molecule has 0 aliphatic heterocycles. The third kappa shape index (κ3) is 4.56. The summed E-state index contributed by atoms with van der Waals surface area (Å²) in [6, 6.07) is 5.47. The molecule has 0 saturated carbocycles. The van der Waals surface area contributed by atoms with Gasteiger partial charge in [0.2, 0.25) is 0 Å². The molecule has 0 aliphatic rings. The maximum atomic E-state index is 11.7. The fourth-order valence-corrected chi connectivity index (χ4v) is 1.70. The van der Waals surface area contributed by atoms with Crippen LogP contribution in [-0.2, 0) is 4.79 Å². The zero-order valence-corrected chi connectivity index (χ0v) is 12.1. The van der Waals surface area contributed by atoms with Crippen molar-refractivity contribution < 1.29 is 14.6 Å². The van der Waals surface area contributed by atoms with Crippen LogP contribution in [0.15, 0.2) is 18.2 Å². The smallest absolute Gasteiger partial charge is 0.260 e. The molecule has 1 aromatic carbocycles. The van der Waals surface area contributed by atoms with E-state index in [9.17, 15) is 9.90 Å². The summed E-state index contributed by atoms with van der Waals surface area (Å²) in [7, 11) is 0. The van der Waals surface area contributed by atoms with Gasteiger partial charge in [0, 0.05) is 6.54 Å². The summed E-state index contributed by atoms with van der Waals surface area (Å²) in [6.45, 7) is 8.01. The Morgan fingerprint density at radius 1 is 1.42 bits per heavy atom. The lowest BCUT2D eigenvalue weighted by molar-refractivity contribution is -0.127. The molecule has 0 spiro atoms. The molecule has 1 amide bonds. The fraction of sp³-hybridized carbons (Fsp3) is 0.533. The highest BCUT2D eigenvalue weighted by Crippen LogP contribution is 2.23. The van der Waals surface area contributed by atoms with Crippen LogP contribution in [0.1, 0.15) is 44.4 Å². The third-order valence-corrected chi connectivity index (χ3v) is 2.90. The molecule has 0 aliphatic carbocycles. The molecule has 0 heterocycles. The van der Waals surface area contributed by atoms with E-state index in [1.165, 1.54) is 0 Å². The lowest BCUT2D eigenvalue weighted by atomic mass is 10.1. The van der Waals surface area contributed by atoms with Gasteiger partial charge in [0.05, 0.1) is 6.10 Å². The van der Waals surface area contributed by atoms with Crippen molar-refractivity contribution >= 4 is 5.91 Å². The van der Waals surface area contributed by atoms with Gasteiger partial charge in [-0.25, -0.2) is 0 Å². The number of hydrogen-bond acceptors (Lipinski definition) is 3. The van der Waals surface area contributed by atoms with Crippen molar-refractivity contribution in [2.75, 3.05) is 6.54 Å². The van der Waals surface area contributed by atoms with Crippen LogP contribution in [0.2, 0.25) is 0 Å². The number of benzene rings is 1. The number of nitrogens with one attached hydrogen (secondary N) is 1. The van der Waals surface area contributed by atoms with Crippen LogP contribution >= 0.6 is 0 Å². The van der Waals surface area contributed by atoms with Gasteiger partial charge >= 0.3 is 0 Å². The van der Waals surface area contributed by atoms with Gasteiger partial charge in [0.25, 0.3) is 5.91 Å². The molecular weight excluding hydrogens is 242 g/mol. The van der Waals surface area contributed by atoms with Crippen LogP contribution in [0.25, 0.3) is 0 Å². The monoisotopic (exact) mass is 265 g/mol. The van der Waals surface area contributed by atoms with Crippen molar-refractivity contribution in [3.8, 4) is 5.75 Å². The van der Waals surface area contributed by atoms with Gasteiger partial charge in [-0.2, -0.15) is 0 Å². The maximum absolute atomic E-state index is 11.7. The molecule has 0 saturated heterocycles. The number of carbonyl (C=O) groups excluding carboxylic acids is 1. The second kappa shape index (κ2) is 7.14. The first kappa shape index (κ1) is 15.5. The molecule has 19 heavy (non-hydrogen) atoms. The number of hydrogen-bond donors (Lipinski definition) is 2. The first-order chi connectivity index (χ1) is 8.95. The largest absolute Gasteiger partial charge is 0.481 e. The van der Waals surface area contributed by atoms with E-state index in [1.54, 1.807) is 19.9 Å². The van der Waals surface area contributed by atoms with E-state index < -0.39 is 12.2 Å². The van der Waals surface area contributed by atoms with E-state index in [4.69, 9.17) is 4.74 Å². The van der Waals surface area contributed by atoms with Crippen molar-refractivity contribution in [2.45, 2.75) is 46.3 Å². The summed E-state index contributed by atoms with van der Waals surface area (Å²) in [6.07, 6.45) is -0.124. The van der Waals surface area contributed by atoms with Crippen molar-refractivity contribution in [1.29, 1.82) is 0 Å². The van der Waals surface area contributed by atoms with Crippen LogP contribution in [0.4, 0.5) is 0 Å². The second-order valence-corrected chi connectivity index (χ2v) is 4.75. The number of carbonyl (C=O) groups is 1. The quantitative estimate of drug-likeness (QED) is 0.830. The van der Waals surface area contributed by atoms with E-state index in [0.717, 1.165) is 17.5 Å². The molecule has 1 rings (SSSR count). The SMILES string of the molecule is CCCNC(=O)C(C)Oc1ccc([C@@H](C)O)cc1C. The number of amides is 1. The van der Waals surface area contributed by atoms with Gasteiger partial charge in [0.1, 0.15) is 5.75 Å². The summed E-state index contributed by atoms with van der Waals surface area (Å²) >= 11 is 0. The maximum Gasteiger partial charge on any atom is 0.260 e. The summed E-state index contributed by atoms with van der Waals surface area (Å²) in [5, 5.41) is 12.3. The Balaban J connectivity index is 2.69. The predicted octanol–water partition coefficient (Wildman–Crippen LogP) is 2.34. The van der Waals surface area contributed by atoms with Crippen LogP contribution in [0.5, 0.6) is 5.75 Å². The highest BCUT2D eigenvalue weighted by molar-refractivity contribution is 5.80. The minimum Gasteiger partial charge on any atom is -0.481 e.